The molecular weight excluding hydrogens is 186 g/mol. The first kappa shape index (κ1) is 8.98. The van der Waals surface area contributed by atoms with Crippen LogP contribution >= 0.6 is 0 Å². The van der Waals surface area contributed by atoms with Crippen molar-refractivity contribution in [1.29, 1.82) is 0 Å². The van der Waals surface area contributed by atoms with Gasteiger partial charge < -0.3 is 9.73 Å². The standard InChI is InChI=1S/C13H15NO/c1-3-10-6-8-15-13(10)12(5-1)11-4-2-7-14-9-11/h1,3,5-6,8,11,14H,2,4,7,9H2. The Morgan fingerprint density at radius 1 is 1.27 bits per heavy atom. The highest BCUT2D eigenvalue weighted by Crippen LogP contribution is 2.30. The molecule has 1 saturated heterocycles. The molecule has 78 valence electrons. The lowest BCUT2D eigenvalue weighted by molar-refractivity contribution is 0.459. The Labute approximate surface area is 89.3 Å². The zero-order valence-electron chi connectivity index (χ0n) is 8.70. The second-order valence-electron chi connectivity index (χ2n) is 4.23. The van der Waals surface area contributed by atoms with Gasteiger partial charge in [-0.05, 0) is 31.0 Å². The lowest BCUT2D eigenvalue weighted by Crippen LogP contribution is -2.28. The topological polar surface area (TPSA) is 25.2 Å². The Morgan fingerprint density at radius 3 is 3.13 bits per heavy atom. The number of furan rings is 1. The molecule has 0 radical (unpaired) electrons. The molecule has 2 nitrogen and oxygen atoms in total. The average Bonchev–Trinajstić information content (AvgIpc) is 2.78. The van der Waals surface area contributed by atoms with E-state index in [9.17, 15) is 0 Å². The van der Waals surface area contributed by atoms with Gasteiger partial charge in [0, 0.05) is 17.8 Å². The van der Waals surface area contributed by atoms with E-state index in [1.54, 1.807) is 6.26 Å². The van der Waals surface area contributed by atoms with E-state index in [0.29, 0.717) is 5.92 Å². The molecule has 2 heterocycles. The number of para-hydroxylation sites is 1. The molecule has 3 rings (SSSR count). The van der Waals surface area contributed by atoms with Gasteiger partial charge in [0.25, 0.3) is 0 Å². The second-order valence-corrected chi connectivity index (χ2v) is 4.23. The maximum Gasteiger partial charge on any atom is 0.137 e. The maximum atomic E-state index is 5.57. The van der Waals surface area contributed by atoms with Crippen LogP contribution in [0.15, 0.2) is 34.9 Å². The summed E-state index contributed by atoms with van der Waals surface area (Å²) in [5.74, 6) is 0.619. The fourth-order valence-electron chi connectivity index (χ4n) is 2.45. The first-order valence-electron chi connectivity index (χ1n) is 5.62. The van der Waals surface area contributed by atoms with Crippen molar-refractivity contribution >= 4 is 11.0 Å². The van der Waals surface area contributed by atoms with Crippen molar-refractivity contribution in [2.45, 2.75) is 18.8 Å². The van der Waals surface area contributed by atoms with Gasteiger partial charge in [0.1, 0.15) is 5.58 Å². The summed E-state index contributed by atoms with van der Waals surface area (Å²) in [6, 6.07) is 8.47. The largest absolute Gasteiger partial charge is 0.464 e. The molecule has 0 amide bonds. The minimum absolute atomic E-state index is 0.619. The van der Waals surface area contributed by atoms with Crippen LogP contribution in [0.5, 0.6) is 0 Å². The van der Waals surface area contributed by atoms with Crippen molar-refractivity contribution in [1.82, 2.24) is 5.32 Å². The van der Waals surface area contributed by atoms with Gasteiger partial charge >= 0.3 is 0 Å². The van der Waals surface area contributed by atoms with Crippen LogP contribution in [0.1, 0.15) is 24.3 Å². The highest BCUT2D eigenvalue weighted by atomic mass is 16.3. The summed E-state index contributed by atoms with van der Waals surface area (Å²) in [6.45, 7) is 2.24. The van der Waals surface area contributed by atoms with Crippen molar-refractivity contribution in [3.8, 4) is 0 Å². The molecule has 15 heavy (non-hydrogen) atoms. The van der Waals surface area contributed by atoms with Crippen LogP contribution in [0.25, 0.3) is 11.0 Å². The predicted octanol–water partition coefficient (Wildman–Crippen LogP) is 2.90. The van der Waals surface area contributed by atoms with Crippen molar-refractivity contribution in [2.75, 3.05) is 13.1 Å². The van der Waals surface area contributed by atoms with Gasteiger partial charge in [0.05, 0.1) is 6.26 Å². The summed E-state index contributed by atoms with van der Waals surface area (Å²) >= 11 is 0. The molecule has 1 aliphatic heterocycles. The SMILES string of the molecule is c1cc(C2CCCNC2)c2occc2c1. The van der Waals surface area contributed by atoms with Crippen LogP contribution in [-0.2, 0) is 0 Å². The number of hydrogen-bond acceptors (Lipinski definition) is 2. The van der Waals surface area contributed by atoms with Crippen LogP contribution in [-0.4, -0.2) is 13.1 Å². The van der Waals surface area contributed by atoms with E-state index < -0.39 is 0 Å². The van der Waals surface area contributed by atoms with Crippen molar-refractivity contribution in [3.63, 3.8) is 0 Å². The van der Waals surface area contributed by atoms with E-state index in [-0.39, 0.29) is 0 Å². The third kappa shape index (κ3) is 1.55. The molecule has 0 saturated carbocycles. The second kappa shape index (κ2) is 3.70. The summed E-state index contributed by atoms with van der Waals surface area (Å²) in [6.07, 6.45) is 4.32. The van der Waals surface area contributed by atoms with Crippen LogP contribution in [0.2, 0.25) is 0 Å². The molecule has 0 aliphatic carbocycles. The van der Waals surface area contributed by atoms with Gasteiger partial charge in [0.2, 0.25) is 0 Å². The Balaban J connectivity index is 2.05. The first-order valence-corrected chi connectivity index (χ1v) is 5.62. The van der Waals surface area contributed by atoms with E-state index in [2.05, 4.69) is 23.5 Å². The first-order chi connectivity index (χ1) is 7.45. The Bertz CT molecular complexity index is 454. The fraction of sp³-hybridized carbons (Fsp3) is 0.385. The highest BCUT2D eigenvalue weighted by Gasteiger charge is 2.18. The average molecular weight is 201 g/mol. The van der Waals surface area contributed by atoms with E-state index >= 15 is 0 Å². The number of nitrogens with one attached hydrogen (secondary N) is 1. The lowest BCUT2D eigenvalue weighted by atomic mass is 9.91. The zero-order chi connectivity index (χ0) is 10.1. The number of fused-ring (bicyclic) bond motifs is 1. The van der Waals surface area contributed by atoms with E-state index in [0.717, 1.165) is 18.7 Å². The van der Waals surface area contributed by atoms with Crippen molar-refractivity contribution in [3.05, 3.63) is 36.1 Å². The third-order valence-corrected chi connectivity index (χ3v) is 3.25. The van der Waals surface area contributed by atoms with Gasteiger partial charge in [0.15, 0.2) is 0 Å². The summed E-state index contributed by atoms with van der Waals surface area (Å²) in [5.41, 5.74) is 2.44. The molecular formula is C13H15NO. The van der Waals surface area contributed by atoms with E-state index in [1.165, 1.54) is 23.8 Å². The van der Waals surface area contributed by atoms with Crippen LogP contribution in [0.3, 0.4) is 0 Å². The maximum absolute atomic E-state index is 5.57. The molecule has 0 bridgehead atoms. The Hall–Kier alpha value is -1.28. The third-order valence-electron chi connectivity index (χ3n) is 3.25. The molecule has 1 aromatic heterocycles. The molecule has 0 spiro atoms. The quantitative estimate of drug-likeness (QED) is 0.767. The molecule has 1 N–H and O–H groups in total. The van der Waals surface area contributed by atoms with Gasteiger partial charge in [-0.3, -0.25) is 0 Å². The molecule has 1 fully saturated rings. The highest BCUT2D eigenvalue weighted by molar-refractivity contribution is 5.80. The van der Waals surface area contributed by atoms with E-state index in [1.807, 2.05) is 6.07 Å². The summed E-state index contributed by atoms with van der Waals surface area (Å²) in [5, 5.41) is 4.67. The fourth-order valence-corrected chi connectivity index (χ4v) is 2.45. The van der Waals surface area contributed by atoms with Crippen LogP contribution < -0.4 is 5.32 Å². The number of benzene rings is 1. The van der Waals surface area contributed by atoms with Crippen LogP contribution in [0.4, 0.5) is 0 Å². The normalized spacial score (nSPS) is 22.0. The Morgan fingerprint density at radius 2 is 2.27 bits per heavy atom. The van der Waals surface area contributed by atoms with Gasteiger partial charge in [-0.2, -0.15) is 0 Å². The summed E-state index contributed by atoms with van der Waals surface area (Å²) in [4.78, 5) is 0. The molecule has 1 unspecified atom stereocenters. The minimum Gasteiger partial charge on any atom is -0.464 e. The Kier molecular flexibility index (Phi) is 2.22. The zero-order valence-corrected chi connectivity index (χ0v) is 8.70. The van der Waals surface area contributed by atoms with Gasteiger partial charge in [-0.15, -0.1) is 0 Å². The van der Waals surface area contributed by atoms with Crippen LogP contribution in [0, 0.1) is 0 Å². The van der Waals surface area contributed by atoms with Gasteiger partial charge in [-0.25, -0.2) is 0 Å². The lowest BCUT2D eigenvalue weighted by Gasteiger charge is -2.23. The summed E-state index contributed by atoms with van der Waals surface area (Å²) < 4.78 is 5.57. The monoisotopic (exact) mass is 201 g/mol. The summed E-state index contributed by atoms with van der Waals surface area (Å²) in [7, 11) is 0. The van der Waals surface area contributed by atoms with Crippen molar-refractivity contribution < 1.29 is 4.42 Å². The number of piperidine rings is 1. The molecule has 1 aromatic carbocycles. The molecule has 1 aliphatic rings. The number of hydrogen-bond donors (Lipinski definition) is 1. The van der Waals surface area contributed by atoms with Gasteiger partial charge in [-0.1, -0.05) is 18.2 Å². The molecule has 2 heteroatoms. The predicted molar refractivity (Wildman–Crippen MR) is 61.1 cm³/mol. The van der Waals surface area contributed by atoms with Crippen molar-refractivity contribution in [2.24, 2.45) is 0 Å². The molecule has 1 atom stereocenters. The number of rotatable bonds is 1. The minimum atomic E-state index is 0.619. The molecule has 2 aromatic rings. The van der Waals surface area contributed by atoms with E-state index in [4.69, 9.17) is 4.42 Å². The smallest absolute Gasteiger partial charge is 0.137 e.